The summed E-state index contributed by atoms with van der Waals surface area (Å²) in [5, 5.41) is 1.89. The quantitative estimate of drug-likeness (QED) is 0.514. The van der Waals surface area contributed by atoms with Gasteiger partial charge in [0, 0.05) is 38.2 Å². The van der Waals surface area contributed by atoms with Gasteiger partial charge in [-0.25, -0.2) is 8.78 Å². The second-order valence-electron chi connectivity index (χ2n) is 3.36. The number of rotatable bonds is 2. The Kier molecular flexibility index (Phi) is 6.21. The molecular weight excluding hydrogens is 304 g/mol. The Balaban J connectivity index is 0.00000180. The molecule has 2 aromatic rings. The Labute approximate surface area is 128 Å². The summed E-state index contributed by atoms with van der Waals surface area (Å²) < 4.78 is 25.8. The van der Waals surface area contributed by atoms with E-state index in [1.165, 1.54) is 0 Å². The molecule has 0 aliphatic rings. The predicted octanol–water partition coefficient (Wildman–Crippen LogP) is 4.09. The fraction of sp³-hybridized carbons (Fsp3) is 0. The van der Waals surface area contributed by atoms with Crippen molar-refractivity contribution in [3.63, 3.8) is 0 Å². The van der Waals surface area contributed by atoms with Crippen LogP contribution in [0.5, 0.6) is 0 Å². The molecule has 0 radical (unpaired) electrons. The summed E-state index contributed by atoms with van der Waals surface area (Å²) in [4.78, 5) is 12.3. The molecule has 19 heavy (non-hydrogen) atoms. The van der Waals surface area contributed by atoms with Crippen molar-refractivity contribution in [1.29, 1.82) is 0 Å². The van der Waals surface area contributed by atoms with Crippen molar-refractivity contribution in [2.75, 3.05) is 5.32 Å². The molecule has 0 aliphatic carbocycles. The third-order valence-corrected chi connectivity index (χ3v) is 2.85. The smallest absolute Gasteiger partial charge is 0.277 e. The van der Waals surface area contributed by atoms with Crippen LogP contribution in [-0.4, -0.2) is 5.24 Å². The zero-order chi connectivity index (χ0) is 13.0. The standard InChI is InChI=1S/C13H8F2NOS.Ti/c14-9-6-7-12(11(15)8-9)16-13(17)18-10-4-2-1-3-5-10;/h1-7H,(H,16,17);/q-1;. The largest absolute Gasteiger partial charge is 0.367 e. The molecular formula is C13H8F2NOSTi-. The first-order chi connectivity index (χ1) is 8.65. The zero-order valence-corrected chi connectivity index (χ0v) is 12.0. The molecule has 2 nitrogen and oxygen atoms in total. The monoisotopic (exact) mass is 312 g/mol. The molecule has 0 saturated carbocycles. The van der Waals surface area contributed by atoms with E-state index < -0.39 is 16.9 Å². The molecule has 6 heteroatoms. The van der Waals surface area contributed by atoms with E-state index in [0.29, 0.717) is 0 Å². The fourth-order valence-corrected chi connectivity index (χ4v) is 1.94. The second kappa shape index (κ2) is 7.43. The number of nitrogens with one attached hydrogen (secondary N) is 1. The molecule has 0 aromatic heterocycles. The average Bonchev–Trinajstić information content (AvgIpc) is 2.34. The minimum atomic E-state index is -0.919. The molecule has 0 unspecified atom stereocenters. The van der Waals surface area contributed by atoms with Gasteiger partial charge in [-0.1, -0.05) is 18.2 Å². The minimum absolute atomic E-state index is 0. The molecule has 96 valence electrons. The molecule has 0 aliphatic heterocycles. The van der Waals surface area contributed by atoms with Gasteiger partial charge >= 0.3 is 0 Å². The SMILES string of the molecule is O=C(Nc1ccc(F)[c-]c1F)Sc1ccccc1.[Ti]. The van der Waals surface area contributed by atoms with E-state index in [4.69, 9.17) is 0 Å². The third-order valence-electron chi connectivity index (χ3n) is 2.05. The van der Waals surface area contributed by atoms with Crippen molar-refractivity contribution in [2.24, 2.45) is 0 Å². The molecule has 2 rings (SSSR count). The van der Waals surface area contributed by atoms with Crippen molar-refractivity contribution >= 4 is 22.7 Å². The minimum Gasteiger partial charge on any atom is -0.367 e. The van der Waals surface area contributed by atoms with Gasteiger partial charge in [0.1, 0.15) is 0 Å². The van der Waals surface area contributed by atoms with E-state index in [2.05, 4.69) is 5.32 Å². The van der Waals surface area contributed by atoms with Crippen LogP contribution in [0.1, 0.15) is 0 Å². The van der Waals surface area contributed by atoms with Crippen molar-refractivity contribution in [1.82, 2.24) is 0 Å². The third kappa shape index (κ3) is 4.78. The van der Waals surface area contributed by atoms with Crippen LogP contribution in [0.15, 0.2) is 47.4 Å². The van der Waals surface area contributed by atoms with Crippen molar-refractivity contribution in [3.8, 4) is 0 Å². The first-order valence-corrected chi connectivity index (χ1v) is 5.88. The summed E-state index contributed by atoms with van der Waals surface area (Å²) in [5.41, 5.74) is -0.0927. The number of hydrogen-bond donors (Lipinski definition) is 1. The summed E-state index contributed by atoms with van der Waals surface area (Å²) in [5.74, 6) is -1.72. The molecule has 0 atom stereocenters. The molecule has 0 spiro atoms. The maximum absolute atomic E-state index is 13.2. The first-order valence-electron chi connectivity index (χ1n) is 5.06. The number of benzene rings is 2. The van der Waals surface area contributed by atoms with Gasteiger partial charge in [-0.3, -0.25) is 4.79 Å². The number of amides is 1. The van der Waals surface area contributed by atoms with Crippen molar-refractivity contribution in [2.45, 2.75) is 4.90 Å². The van der Waals surface area contributed by atoms with Gasteiger partial charge in [-0.05, 0) is 29.6 Å². The van der Waals surface area contributed by atoms with Crippen LogP contribution < -0.4 is 5.32 Å². The Morgan fingerprint density at radius 2 is 1.79 bits per heavy atom. The summed E-state index contributed by atoms with van der Waals surface area (Å²) in [7, 11) is 0. The van der Waals surface area contributed by atoms with Crippen molar-refractivity contribution < 1.29 is 35.3 Å². The molecule has 0 heterocycles. The maximum Gasteiger partial charge on any atom is 0.277 e. The Hall–Kier alpha value is -1.17. The summed E-state index contributed by atoms with van der Waals surface area (Å²) >= 11 is 0.927. The number of halogens is 2. The molecule has 2 aromatic carbocycles. The van der Waals surface area contributed by atoms with Gasteiger partial charge in [0.25, 0.3) is 5.24 Å². The van der Waals surface area contributed by atoms with E-state index in [-0.39, 0.29) is 27.4 Å². The molecule has 0 saturated heterocycles. The topological polar surface area (TPSA) is 29.1 Å². The second-order valence-corrected chi connectivity index (χ2v) is 4.41. The van der Waals surface area contributed by atoms with E-state index in [1.54, 1.807) is 24.3 Å². The number of hydrogen-bond acceptors (Lipinski definition) is 2. The van der Waals surface area contributed by atoms with Crippen LogP contribution in [0, 0.1) is 17.7 Å². The number of anilines is 1. The average molecular weight is 312 g/mol. The molecule has 1 N–H and O–H groups in total. The van der Waals surface area contributed by atoms with E-state index >= 15 is 0 Å². The van der Waals surface area contributed by atoms with Gasteiger partial charge < -0.3 is 5.32 Å². The predicted molar refractivity (Wildman–Crippen MR) is 66.5 cm³/mol. The fourth-order valence-electron chi connectivity index (χ4n) is 1.27. The molecule has 1 amide bonds. The summed E-state index contributed by atoms with van der Waals surface area (Å²) in [6.07, 6.45) is 0. The van der Waals surface area contributed by atoms with Crippen LogP contribution in [0.3, 0.4) is 0 Å². The van der Waals surface area contributed by atoms with E-state index in [9.17, 15) is 13.6 Å². The van der Waals surface area contributed by atoms with Gasteiger partial charge in [-0.15, -0.1) is 18.2 Å². The van der Waals surface area contributed by atoms with Gasteiger partial charge in [0.05, 0.1) is 0 Å². The normalized spacial score (nSPS) is 9.58. The van der Waals surface area contributed by atoms with Gasteiger partial charge in [-0.2, -0.15) is 0 Å². The molecule has 0 bridgehead atoms. The van der Waals surface area contributed by atoms with E-state index in [1.807, 2.05) is 12.1 Å². The Morgan fingerprint density at radius 1 is 1.11 bits per heavy atom. The van der Waals surface area contributed by atoms with Gasteiger partial charge in [0.15, 0.2) is 0 Å². The van der Waals surface area contributed by atoms with Crippen LogP contribution >= 0.6 is 11.8 Å². The summed E-state index contributed by atoms with van der Waals surface area (Å²) in [6, 6.07) is 13.0. The number of carbonyl (C=O) groups excluding carboxylic acids is 1. The van der Waals surface area contributed by atoms with Crippen LogP contribution in [0.2, 0.25) is 0 Å². The van der Waals surface area contributed by atoms with Crippen LogP contribution in [0.4, 0.5) is 19.3 Å². The maximum atomic E-state index is 13.2. The summed E-state index contributed by atoms with van der Waals surface area (Å²) in [6.45, 7) is 0. The van der Waals surface area contributed by atoms with Crippen LogP contribution in [-0.2, 0) is 21.7 Å². The Morgan fingerprint density at radius 3 is 2.42 bits per heavy atom. The molecule has 0 fully saturated rings. The van der Waals surface area contributed by atoms with Crippen LogP contribution in [0.25, 0.3) is 0 Å². The number of carbonyl (C=O) groups is 1. The van der Waals surface area contributed by atoms with E-state index in [0.717, 1.165) is 28.8 Å². The zero-order valence-electron chi connectivity index (χ0n) is 9.61. The number of thioether (sulfide) groups is 1. The Bertz CT molecular complexity index is 566. The first kappa shape index (κ1) is 15.9. The van der Waals surface area contributed by atoms with Gasteiger partial charge in [0.2, 0.25) is 0 Å². The van der Waals surface area contributed by atoms with Crippen molar-refractivity contribution in [3.05, 3.63) is 60.2 Å².